The Bertz CT molecular complexity index is 874. The van der Waals surface area contributed by atoms with Crippen molar-refractivity contribution in [1.29, 1.82) is 0 Å². The molecule has 1 unspecified atom stereocenters. The molecule has 1 aromatic rings. The molecule has 0 saturated carbocycles. The Morgan fingerprint density at radius 3 is 2.43 bits per heavy atom. The van der Waals surface area contributed by atoms with E-state index in [4.69, 9.17) is 9.47 Å². The molecule has 148 valence electrons. The Hall–Kier alpha value is -3.35. The molecule has 0 aliphatic carbocycles. The fourth-order valence-corrected chi connectivity index (χ4v) is 3.14. The van der Waals surface area contributed by atoms with Gasteiger partial charge >= 0.3 is 6.03 Å². The van der Waals surface area contributed by atoms with Crippen LogP contribution >= 0.6 is 0 Å². The molecule has 3 amide bonds. The van der Waals surface area contributed by atoms with Gasteiger partial charge in [0.05, 0.1) is 20.8 Å². The van der Waals surface area contributed by atoms with Crippen molar-refractivity contribution in [2.75, 3.05) is 27.8 Å². The molecular formula is C21H24N2O5. The zero-order valence-electron chi connectivity index (χ0n) is 16.5. The van der Waals surface area contributed by atoms with Crippen molar-refractivity contribution in [3.63, 3.8) is 0 Å². The lowest BCUT2D eigenvalue weighted by Crippen LogP contribution is -2.42. The van der Waals surface area contributed by atoms with Crippen molar-refractivity contribution in [2.24, 2.45) is 0 Å². The normalized spacial score (nSPS) is 19.6. The fourth-order valence-electron chi connectivity index (χ4n) is 3.14. The summed E-state index contributed by atoms with van der Waals surface area (Å²) in [4.78, 5) is 40.7. The Morgan fingerprint density at radius 2 is 1.89 bits per heavy atom. The number of benzene rings is 1. The number of ketones is 1. The molecule has 0 spiro atoms. The first-order valence-corrected chi connectivity index (χ1v) is 8.56. The number of amides is 3. The van der Waals surface area contributed by atoms with Gasteiger partial charge in [0, 0.05) is 24.3 Å². The minimum atomic E-state index is -1.33. The molecular weight excluding hydrogens is 360 g/mol. The van der Waals surface area contributed by atoms with Crippen molar-refractivity contribution < 1.29 is 23.9 Å². The first-order chi connectivity index (χ1) is 13.3. The maximum Gasteiger partial charge on any atom is 0.328 e. The van der Waals surface area contributed by atoms with Gasteiger partial charge in [-0.2, -0.15) is 0 Å². The van der Waals surface area contributed by atoms with Crippen LogP contribution in [0.3, 0.4) is 0 Å². The van der Waals surface area contributed by atoms with Gasteiger partial charge in [0.2, 0.25) is 0 Å². The summed E-state index contributed by atoms with van der Waals surface area (Å²) in [5, 5.41) is 0. The highest BCUT2D eigenvalue weighted by Crippen LogP contribution is 2.41. The van der Waals surface area contributed by atoms with E-state index in [0.29, 0.717) is 17.1 Å². The largest absolute Gasteiger partial charge is 0.497 e. The second-order valence-electron chi connectivity index (χ2n) is 6.36. The van der Waals surface area contributed by atoms with Crippen molar-refractivity contribution in [3.8, 4) is 11.5 Å². The predicted molar refractivity (Wildman–Crippen MR) is 105 cm³/mol. The standard InChI is InChI=1S/C21H24N2O5/c1-7-9-14(8-2)17(24)13-23-19(25)21(3,22(4)20(23)26)16-11-10-15(27-5)12-18(16)28-6/h7-12H,1-2,13H2,3-6H3/b14-9+. The van der Waals surface area contributed by atoms with E-state index in [2.05, 4.69) is 13.2 Å². The number of Topliss-reactive ketones (excluding diaryl/α,β-unsaturated/α-hetero) is 1. The topological polar surface area (TPSA) is 76.2 Å². The highest BCUT2D eigenvalue weighted by atomic mass is 16.5. The zero-order valence-corrected chi connectivity index (χ0v) is 16.5. The average molecular weight is 384 g/mol. The van der Waals surface area contributed by atoms with Crippen LogP contribution < -0.4 is 9.47 Å². The second-order valence-corrected chi connectivity index (χ2v) is 6.36. The summed E-state index contributed by atoms with van der Waals surface area (Å²) in [5.41, 5.74) is -0.558. The van der Waals surface area contributed by atoms with Crippen LogP contribution in [0.2, 0.25) is 0 Å². The quantitative estimate of drug-likeness (QED) is 0.391. The number of carbonyl (C=O) groups is 3. The van der Waals surface area contributed by atoms with Gasteiger partial charge in [0.1, 0.15) is 17.0 Å². The zero-order chi connectivity index (χ0) is 21.1. The summed E-state index contributed by atoms with van der Waals surface area (Å²) < 4.78 is 10.6. The van der Waals surface area contributed by atoms with Gasteiger partial charge in [-0.1, -0.05) is 31.4 Å². The summed E-state index contributed by atoms with van der Waals surface area (Å²) in [6.45, 7) is 8.36. The fraction of sp³-hybridized carbons (Fsp3) is 0.286. The van der Waals surface area contributed by atoms with Gasteiger partial charge < -0.3 is 14.4 Å². The van der Waals surface area contributed by atoms with Crippen LogP contribution in [0.25, 0.3) is 0 Å². The number of methoxy groups -OCH3 is 2. The predicted octanol–water partition coefficient (Wildman–Crippen LogP) is 2.68. The molecule has 7 nitrogen and oxygen atoms in total. The minimum absolute atomic E-state index is 0.272. The Kier molecular flexibility index (Phi) is 6.08. The van der Waals surface area contributed by atoms with Crippen LogP contribution in [0.15, 0.2) is 55.2 Å². The van der Waals surface area contributed by atoms with Crippen LogP contribution in [-0.4, -0.2) is 55.3 Å². The third-order valence-electron chi connectivity index (χ3n) is 4.92. The molecule has 2 rings (SSSR count). The number of allylic oxidation sites excluding steroid dienone is 3. The third-order valence-corrected chi connectivity index (χ3v) is 4.92. The number of imide groups is 1. The number of urea groups is 1. The molecule has 7 heteroatoms. The summed E-state index contributed by atoms with van der Waals surface area (Å²) in [6.07, 6.45) is 4.29. The molecule has 1 aliphatic heterocycles. The number of likely N-dealkylation sites (N-methyl/N-ethyl adjacent to an activating group) is 1. The van der Waals surface area contributed by atoms with Crippen LogP contribution in [-0.2, 0) is 15.1 Å². The number of ether oxygens (including phenoxy) is 2. The van der Waals surface area contributed by atoms with E-state index in [1.165, 1.54) is 44.4 Å². The maximum atomic E-state index is 13.2. The second kappa shape index (κ2) is 8.12. The van der Waals surface area contributed by atoms with Gasteiger partial charge in [0.25, 0.3) is 5.91 Å². The van der Waals surface area contributed by atoms with Crippen LogP contribution in [0.4, 0.5) is 4.79 Å². The van der Waals surface area contributed by atoms with Gasteiger partial charge in [-0.15, -0.1) is 0 Å². The van der Waals surface area contributed by atoms with E-state index < -0.39 is 23.3 Å². The SMILES string of the molecule is C=C/C=C(\C=C)C(=O)CN1C(=O)N(C)C(C)(c2ccc(OC)cc2OC)C1=O. The molecule has 0 aromatic heterocycles. The molecule has 0 bridgehead atoms. The number of hydrogen-bond donors (Lipinski definition) is 0. The highest BCUT2D eigenvalue weighted by Gasteiger charge is 2.55. The number of carbonyl (C=O) groups excluding carboxylic acids is 3. The molecule has 1 heterocycles. The van der Waals surface area contributed by atoms with E-state index in [-0.39, 0.29) is 12.1 Å². The van der Waals surface area contributed by atoms with E-state index >= 15 is 0 Å². The van der Waals surface area contributed by atoms with Crippen LogP contribution in [0, 0.1) is 0 Å². The molecule has 1 aromatic carbocycles. The molecule has 0 radical (unpaired) electrons. The van der Waals surface area contributed by atoms with Crippen molar-refractivity contribution in [3.05, 3.63) is 60.7 Å². The Morgan fingerprint density at radius 1 is 1.21 bits per heavy atom. The number of rotatable bonds is 8. The monoisotopic (exact) mass is 384 g/mol. The summed E-state index contributed by atoms with van der Waals surface area (Å²) in [6, 6.07) is 4.44. The van der Waals surface area contributed by atoms with Gasteiger partial charge in [-0.3, -0.25) is 14.5 Å². The lowest BCUT2D eigenvalue weighted by atomic mass is 9.89. The van der Waals surface area contributed by atoms with Crippen LogP contribution in [0.5, 0.6) is 11.5 Å². The molecule has 1 aliphatic rings. The summed E-state index contributed by atoms with van der Waals surface area (Å²) >= 11 is 0. The van der Waals surface area contributed by atoms with E-state index in [1.807, 2.05) is 0 Å². The van der Waals surface area contributed by atoms with Crippen molar-refractivity contribution >= 4 is 17.7 Å². The van der Waals surface area contributed by atoms with Gasteiger partial charge in [-0.25, -0.2) is 4.79 Å². The van der Waals surface area contributed by atoms with E-state index in [1.54, 1.807) is 25.1 Å². The molecule has 28 heavy (non-hydrogen) atoms. The Balaban J connectivity index is 2.46. The average Bonchev–Trinajstić information content (AvgIpc) is 2.87. The lowest BCUT2D eigenvalue weighted by Gasteiger charge is -2.30. The minimum Gasteiger partial charge on any atom is -0.497 e. The van der Waals surface area contributed by atoms with Gasteiger partial charge in [0.15, 0.2) is 5.78 Å². The van der Waals surface area contributed by atoms with E-state index in [0.717, 1.165) is 4.90 Å². The molecule has 1 saturated heterocycles. The lowest BCUT2D eigenvalue weighted by molar-refractivity contribution is -0.134. The number of hydrogen-bond acceptors (Lipinski definition) is 5. The first-order valence-electron chi connectivity index (χ1n) is 8.56. The van der Waals surface area contributed by atoms with Crippen molar-refractivity contribution in [2.45, 2.75) is 12.5 Å². The van der Waals surface area contributed by atoms with Crippen molar-refractivity contribution in [1.82, 2.24) is 9.80 Å². The smallest absolute Gasteiger partial charge is 0.328 e. The third kappa shape index (κ3) is 3.31. The maximum absolute atomic E-state index is 13.2. The van der Waals surface area contributed by atoms with Gasteiger partial charge in [-0.05, 0) is 19.1 Å². The molecule has 1 atom stereocenters. The first kappa shape index (κ1) is 21.0. The summed E-state index contributed by atoms with van der Waals surface area (Å²) in [7, 11) is 4.51. The Labute approximate surface area is 164 Å². The van der Waals surface area contributed by atoms with E-state index in [9.17, 15) is 14.4 Å². The number of nitrogens with zero attached hydrogens (tertiary/aromatic N) is 2. The molecule has 0 N–H and O–H groups in total. The summed E-state index contributed by atoms with van der Waals surface area (Å²) in [5.74, 6) is 0.0389. The van der Waals surface area contributed by atoms with Crippen LogP contribution in [0.1, 0.15) is 12.5 Å². The highest BCUT2D eigenvalue weighted by molar-refractivity contribution is 6.11. The molecule has 1 fully saturated rings.